The molecule has 0 bridgehead atoms. The SMILES string of the molecule is CCCCC(CCC)CC(CC)CCCc1cc(C)cc(F)c1. The minimum Gasteiger partial charge on any atom is -0.207 e. The number of hydrogen-bond donors (Lipinski definition) is 0. The van der Waals surface area contributed by atoms with E-state index in [2.05, 4.69) is 26.8 Å². The predicted octanol–water partition coefficient (Wildman–Crippen LogP) is 7.48. The molecule has 0 spiro atoms. The van der Waals surface area contributed by atoms with Gasteiger partial charge in [-0.05, 0) is 61.3 Å². The fourth-order valence-corrected chi connectivity index (χ4v) is 3.79. The molecule has 0 heterocycles. The predicted molar refractivity (Wildman–Crippen MR) is 100 cm³/mol. The van der Waals surface area contributed by atoms with Crippen LogP contribution >= 0.6 is 0 Å². The van der Waals surface area contributed by atoms with Crippen LogP contribution in [0.4, 0.5) is 4.39 Å². The van der Waals surface area contributed by atoms with Crippen molar-refractivity contribution < 1.29 is 4.39 Å². The summed E-state index contributed by atoms with van der Waals surface area (Å²) < 4.78 is 13.5. The summed E-state index contributed by atoms with van der Waals surface area (Å²) in [4.78, 5) is 0. The highest BCUT2D eigenvalue weighted by molar-refractivity contribution is 5.23. The summed E-state index contributed by atoms with van der Waals surface area (Å²) in [5, 5.41) is 0. The summed E-state index contributed by atoms with van der Waals surface area (Å²) in [6.45, 7) is 8.91. The molecule has 0 saturated carbocycles. The van der Waals surface area contributed by atoms with E-state index in [1.165, 1.54) is 57.8 Å². The van der Waals surface area contributed by atoms with Gasteiger partial charge in [-0.15, -0.1) is 0 Å². The van der Waals surface area contributed by atoms with Gasteiger partial charge in [-0.2, -0.15) is 0 Å². The molecule has 23 heavy (non-hydrogen) atoms. The van der Waals surface area contributed by atoms with Crippen LogP contribution in [0, 0.1) is 24.6 Å². The van der Waals surface area contributed by atoms with Crippen LogP contribution in [0.5, 0.6) is 0 Å². The molecule has 0 nitrogen and oxygen atoms in total. The van der Waals surface area contributed by atoms with Gasteiger partial charge in [-0.3, -0.25) is 0 Å². The monoisotopic (exact) mass is 320 g/mol. The third-order valence-corrected chi connectivity index (χ3v) is 5.09. The van der Waals surface area contributed by atoms with Crippen LogP contribution in [0.1, 0.15) is 89.7 Å². The van der Waals surface area contributed by atoms with Crippen molar-refractivity contribution in [3.63, 3.8) is 0 Å². The lowest BCUT2D eigenvalue weighted by Gasteiger charge is -2.22. The molecule has 0 N–H and O–H groups in total. The van der Waals surface area contributed by atoms with Crippen LogP contribution in [0.15, 0.2) is 18.2 Å². The molecule has 2 atom stereocenters. The van der Waals surface area contributed by atoms with Crippen LogP contribution in [-0.2, 0) is 6.42 Å². The quantitative estimate of drug-likeness (QED) is 0.374. The zero-order valence-corrected chi connectivity index (χ0v) is 15.8. The number of aryl methyl sites for hydroxylation is 2. The molecule has 1 aromatic rings. The van der Waals surface area contributed by atoms with Crippen LogP contribution < -0.4 is 0 Å². The molecular weight excluding hydrogens is 283 g/mol. The zero-order valence-electron chi connectivity index (χ0n) is 15.8. The smallest absolute Gasteiger partial charge is 0.123 e. The van der Waals surface area contributed by atoms with E-state index in [0.717, 1.165) is 29.4 Å². The molecule has 1 aromatic carbocycles. The van der Waals surface area contributed by atoms with Crippen molar-refractivity contribution >= 4 is 0 Å². The number of unbranched alkanes of at least 4 members (excludes halogenated alkanes) is 1. The zero-order chi connectivity index (χ0) is 17.1. The molecule has 2 unspecified atom stereocenters. The largest absolute Gasteiger partial charge is 0.207 e. The fourth-order valence-electron chi connectivity index (χ4n) is 3.79. The van der Waals surface area contributed by atoms with Crippen molar-refractivity contribution in [2.45, 2.75) is 91.9 Å². The lowest BCUT2D eigenvalue weighted by molar-refractivity contribution is 0.303. The maximum Gasteiger partial charge on any atom is 0.123 e. The first-order chi connectivity index (χ1) is 11.1. The Bertz CT molecular complexity index is 404. The Balaban J connectivity index is 2.42. The van der Waals surface area contributed by atoms with Gasteiger partial charge in [0.15, 0.2) is 0 Å². The highest BCUT2D eigenvalue weighted by Gasteiger charge is 2.14. The summed E-state index contributed by atoms with van der Waals surface area (Å²) in [5.41, 5.74) is 2.20. The second kappa shape index (κ2) is 11.6. The molecule has 0 saturated heterocycles. The first kappa shape index (κ1) is 20.2. The summed E-state index contributed by atoms with van der Waals surface area (Å²) in [7, 11) is 0. The van der Waals surface area contributed by atoms with Crippen LogP contribution in [0.25, 0.3) is 0 Å². The van der Waals surface area contributed by atoms with E-state index in [4.69, 9.17) is 0 Å². The van der Waals surface area contributed by atoms with E-state index in [0.29, 0.717) is 0 Å². The lowest BCUT2D eigenvalue weighted by Crippen LogP contribution is -2.09. The van der Waals surface area contributed by atoms with Crippen molar-refractivity contribution in [2.75, 3.05) is 0 Å². The summed E-state index contributed by atoms with van der Waals surface area (Å²) >= 11 is 0. The first-order valence-electron chi connectivity index (χ1n) is 9.85. The molecule has 0 aliphatic heterocycles. The van der Waals surface area contributed by atoms with E-state index in [1.807, 2.05) is 6.92 Å². The normalized spacial score (nSPS) is 14.0. The van der Waals surface area contributed by atoms with E-state index in [1.54, 1.807) is 12.1 Å². The maximum atomic E-state index is 13.5. The molecule has 0 amide bonds. The average Bonchev–Trinajstić information content (AvgIpc) is 2.50. The molecule has 0 aliphatic carbocycles. The topological polar surface area (TPSA) is 0 Å². The van der Waals surface area contributed by atoms with Gasteiger partial charge in [0.2, 0.25) is 0 Å². The Morgan fingerprint density at radius 1 is 0.870 bits per heavy atom. The van der Waals surface area contributed by atoms with E-state index in [9.17, 15) is 4.39 Å². The highest BCUT2D eigenvalue weighted by atomic mass is 19.1. The molecule has 0 aromatic heterocycles. The molecule has 0 aliphatic rings. The lowest BCUT2D eigenvalue weighted by atomic mass is 9.83. The Labute approximate surface area is 143 Å². The number of halogens is 1. The van der Waals surface area contributed by atoms with Crippen molar-refractivity contribution in [1.29, 1.82) is 0 Å². The second-order valence-electron chi connectivity index (χ2n) is 7.34. The van der Waals surface area contributed by atoms with Gasteiger partial charge in [0.1, 0.15) is 5.82 Å². The Morgan fingerprint density at radius 3 is 2.22 bits per heavy atom. The summed E-state index contributed by atoms with van der Waals surface area (Å²) in [5.74, 6) is 1.67. The van der Waals surface area contributed by atoms with Crippen molar-refractivity contribution in [3.8, 4) is 0 Å². The van der Waals surface area contributed by atoms with Crippen molar-refractivity contribution in [2.24, 2.45) is 11.8 Å². The number of rotatable bonds is 12. The highest BCUT2D eigenvalue weighted by Crippen LogP contribution is 2.28. The molecule has 0 fully saturated rings. The van der Waals surface area contributed by atoms with Gasteiger partial charge in [-0.25, -0.2) is 4.39 Å². The number of benzene rings is 1. The van der Waals surface area contributed by atoms with Crippen LogP contribution in [0.2, 0.25) is 0 Å². The maximum absolute atomic E-state index is 13.5. The molecule has 1 rings (SSSR count). The fraction of sp³-hybridized carbons (Fsp3) is 0.727. The molecule has 1 heteroatoms. The summed E-state index contributed by atoms with van der Waals surface area (Å²) in [6, 6.07) is 5.45. The summed E-state index contributed by atoms with van der Waals surface area (Å²) in [6.07, 6.45) is 13.0. The third-order valence-electron chi connectivity index (χ3n) is 5.09. The average molecular weight is 321 g/mol. The van der Waals surface area contributed by atoms with Gasteiger partial charge in [-0.1, -0.05) is 71.8 Å². The van der Waals surface area contributed by atoms with E-state index < -0.39 is 0 Å². The second-order valence-corrected chi connectivity index (χ2v) is 7.34. The molecular formula is C22H37F. The third kappa shape index (κ3) is 8.53. The van der Waals surface area contributed by atoms with Gasteiger partial charge in [0, 0.05) is 0 Å². The Morgan fingerprint density at radius 2 is 1.61 bits per heavy atom. The van der Waals surface area contributed by atoms with E-state index >= 15 is 0 Å². The minimum atomic E-state index is -0.0883. The molecule has 132 valence electrons. The van der Waals surface area contributed by atoms with Crippen LogP contribution in [0.3, 0.4) is 0 Å². The Kier molecular flexibility index (Phi) is 10.2. The van der Waals surface area contributed by atoms with Gasteiger partial charge in [0.25, 0.3) is 0 Å². The van der Waals surface area contributed by atoms with Gasteiger partial charge >= 0.3 is 0 Å². The van der Waals surface area contributed by atoms with E-state index in [-0.39, 0.29) is 5.82 Å². The standard InChI is InChI=1S/C22H37F/c1-5-8-11-20(10-6-2)16-19(7-3)12-9-13-21-14-18(4)15-22(23)17-21/h14-15,17,19-20H,5-13,16H2,1-4H3. The van der Waals surface area contributed by atoms with Crippen LogP contribution in [-0.4, -0.2) is 0 Å². The Hall–Kier alpha value is -0.850. The van der Waals surface area contributed by atoms with Gasteiger partial charge in [0.05, 0.1) is 0 Å². The van der Waals surface area contributed by atoms with Crippen molar-refractivity contribution in [1.82, 2.24) is 0 Å². The van der Waals surface area contributed by atoms with Gasteiger partial charge < -0.3 is 0 Å². The first-order valence-corrected chi connectivity index (χ1v) is 9.85. The minimum absolute atomic E-state index is 0.0883. The van der Waals surface area contributed by atoms with Crippen molar-refractivity contribution in [3.05, 3.63) is 35.1 Å². The number of hydrogen-bond acceptors (Lipinski definition) is 0. The molecule has 0 radical (unpaired) electrons.